The van der Waals surface area contributed by atoms with E-state index in [9.17, 15) is 23.6 Å². The Bertz CT molecular complexity index is 615. The number of hydrogen-bond acceptors (Lipinski definition) is 5. The molecule has 0 aromatic rings. The topological polar surface area (TPSA) is 128 Å². The number of carbonyl (C=O) groups is 4. The van der Waals surface area contributed by atoms with Gasteiger partial charge in [0, 0.05) is 12.8 Å². The summed E-state index contributed by atoms with van der Waals surface area (Å²) in [5.41, 5.74) is 2.26. The zero-order valence-electron chi connectivity index (χ0n) is 16.8. The Morgan fingerprint density at radius 2 is 1.67 bits per heavy atom. The first-order chi connectivity index (χ1) is 12.0. The molecule has 0 unspecified atom stereocenters. The highest BCUT2D eigenvalue weighted by atomic mass is 19.1. The molecule has 0 saturated heterocycles. The van der Waals surface area contributed by atoms with E-state index in [0.717, 1.165) is 0 Å². The lowest BCUT2D eigenvalue weighted by atomic mass is 9.71. The smallest absolute Gasteiger partial charge is 0.408 e. The van der Waals surface area contributed by atoms with Crippen LogP contribution in [0.25, 0.3) is 0 Å². The van der Waals surface area contributed by atoms with Crippen LogP contribution in [0.2, 0.25) is 0 Å². The molecule has 8 nitrogen and oxygen atoms in total. The Balaban J connectivity index is 2.97. The van der Waals surface area contributed by atoms with Crippen molar-refractivity contribution < 1.29 is 28.3 Å². The standard InChI is InChI=1S/C18H30FN3O5/c1-16(2,3)9-11(21-15(26)27-17(4,5)6)14(25)22-18(7-10(19)8-18)12(23)13(20)24/h10-11H,7-9H2,1-6H3,(H2,20,24)(H,21,26)(H,22,25)/t10?,11-,18?/m0/s1. The van der Waals surface area contributed by atoms with E-state index in [-0.39, 0.29) is 24.7 Å². The van der Waals surface area contributed by atoms with Crippen molar-refractivity contribution in [3.8, 4) is 0 Å². The van der Waals surface area contributed by atoms with Gasteiger partial charge in [-0.3, -0.25) is 14.4 Å². The molecular weight excluding hydrogens is 357 g/mol. The minimum absolute atomic E-state index is 0.234. The fourth-order valence-corrected chi connectivity index (χ4v) is 2.87. The van der Waals surface area contributed by atoms with Crippen LogP contribution < -0.4 is 16.4 Å². The fraction of sp³-hybridized carbons (Fsp3) is 0.778. The molecule has 1 saturated carbocycles. The Hall–Kier alpha value is -2.19. The summed E-state index contributed by atoms with van der Waals surface area (Å²) in [7, 11) is 0. The van der Waals surface area contributed by atoms with Crippen molar-refractivity contribution in [3.63, 3.8) is 0 Å². The summed E-state index contributed by atoms with van der Waals surface area (Å²) < 4.78 is 18.6. The molecular formula is C18H30FN3O5. The maximum Gasteiger partial charge on any atom is 0.408 e. The van der Waals surface area contributed by atoms with E-state index in [1.54, 1.807) is 20.8 Å². The Labute approximate surface area is 158 Å². The van der Waals surface area contributed by atoms with Crippen LogP contribution in [-0.2, 0) is 19.1 Å². The normalized spacial score (nSPS) is 23.6. The van der Waals surface area contributed by atoms with Crippen molar-refractivity contribution in [1.29, 1.82) is 0 Å². The summed E-state index contributed by atoms with van der Waals surface area (Å²) in [5.74, 6) is -2.98. The number of ether oxygens (including phenoxy) is 1. The molecule has 0 aliphatic heterocycles. The molecule has 0 heterocycles. The molecule has 27 heavy (non-hydrogen) atoms. The molecule has 154 valence electrons. The van der Waals surface area contributed by atoms with Crippen molar-refractivity contribution in [1.82, 2.24) is 10.6 Å². The molecule has 9 heteroatoms. The first-order valence-corrected chi connectivity index (χ1v) is 8.84. The second-order valence-corrected chi connectivity index (χ2v) is 9.23. The van der Waals surface area contributed by atoms with E-state index in [4.69, 9.17) is 10.5 Å². The minimum Gasteiger partial charge on any atom is -0.444 e. The van der Waals surface area contributed by atoms with Gasteiger partial charge in [0.05, 0.1) is 0 Å². The highest BCUT2D eigenvalue weighted by molar-refractivity contribution is 6.39. The summed E-state index contributed by atoms with van der Waals surface area (Å²) in [6, 6.07) is -1.03. The quantitative estimate of drug-likeness (QED) is 0.593. The third-order valence-corrected chi connectivity index (χ3v) is 3.98. The van der Waals surface area contributed by atoms with Gasteiger partial charge in [0.1, 0.15) is 23.4 Å². The number of alkyl halides is 1. The largest absolute Gasteiger partial charge is 0.444 e. The molecule has 1 atom stereocenters. The molecule has 0 bridgehead atoms. The van der Waals surface area contributed by atoms with Crippen LogP contribution in [0, 0.1) is 5.41 Å². The molecule has 3 amide bonds. The Morgan fingerprint density at radius 1 is 1.15 bits per heavy atom. The number of nitrogens with one attached hydrogen (secondary N) is 2. The van der Waals surface area contributed by atoms with E-state index in [1.165, 1.54) is 0 Å². The van der Waals surface area contributed by atoms with Crippen LogP contribution in [0.4, 0.5) is 9.18 Å². The van der Waals surface area contributed by atoms with Gasteiger partial charge in [-0.15, -0.1) is 0 Å². The van der Waals surface area contributed by atoms with E-state index in [1.807, 2.05) is 20.8 Å². The van der Waals surface area contributed by atoms with Crippen LogP contribution in [0.3, 0.4) is 0 Å². The zero-order valence-corrected chi connectivity index (χ0v) is 16.8. The molecule has 1 aliphatic carbocycles. The van der Waals surface area contributed by atoms with Gasteiger partial charge in [0.15, 0.2) is 0 Å². The zero-order chi connectivity index (χ0) is 21.2. The van der Waals surface area contributed by atoms with Crippen LogP contribution in [0.15, 0.2) is 0 Å². The second kappa shape index (κ2) is 7.82. The average Bonchev–Trinajstić information content (AvgIpc) is 2.39. The Morgan fingerprint density at radius 3 is 2.04 bits per heavy atom. The summed E-state index contributed by atoms with van der Waals surface area (Å²) in [5, 5.41) is 4.92. The maximum atomic E-state index is 13.4. The molecule has 0 aromatic carbocycles. The fourth-order valence-electron chi connectivity index (χ4n) is 2.87. The van der Waals surface area contributed by atoms with Crippen molar-refractivity contribution in [2.24, 2.45) is 11.1 Å². The van der Waals surface area contributed by atoms with Gasteiger partial charge in [-0.2, -0.15) is 0 Å². The number of rotatable bonds is 6. The number of carbonyl (C=O) groups excluding carboxylic acids is 4. The van der Waals surface area contributed by atoms with Crippen molar-refractivity contribution in [3.05, 3.63) is 0 Å². The highest BCUT2D eigenvalue weighted by Crippen LogP contribution is 2.36. The number of ketones is 1. The van der Waals surface area contributed by atoms with E-state index >= 15 is 0 Å². The lowest BCUT2D eigenvalue weighted by molar-refractivity contribution is -0.147. The number of hydrogen-bond donors (Lipinski definition) is 3. The number of alkyl carbamates (subject to hydrolysis) is 1. The van der Waals surface area contributed by atoms with Crippen molar-refractivity contribution >= 4 is 23.7 Å². The first-order valence-electron chi connectivity index (χ1n) is 8.84. The van der Waals surface area contributed by atoms with Gasteiger partial charge >= 0.3 is 6.09 Å². The highest BCUT2D eigenvalue weighted by Gasteiger charge is 2.54. The summed E-state index contributed by atoms with van der Waals surface area (Å²) >= 11 is 0. The number of primary amides is 1. The number of halogens is 1. The van der Waals surface area contributed by atoms with Gasteiger partial charge in [-0.25, -0.2) is 9.18 Å². The van der Waals surface area contributed by atoms with E-state index in [2.05, 4.69) is 10.6 Å². The third kappa shape index (κ3) is 6.80. The molecule has 1 rings (SSSR count). The molecule has 0 aromatic heterocycles. The maximum absolute atomic E-state index is 13.4. The van der Waals surface area contributed by atoms with Crippen molar-refractivity contribution in [2.75, 3.05) is 0 Å². The lowest BCUT2D eigenvalue weighted by Gasteiger charge is -2.43. The van der Waals surface area contributed by atoms with Gasteiger partial charge in [0.2, 0.25) is 11.7 Å². The van der Waals surface area contributed by atoms with Gasteiger partial charge in [0.25, 0.3) is 5.91 Å². The summed E-state index contributed by atoms with van der Waals surface area (Å²) in [4.78, 5) is 48.2. The van der Waals surface area contributed by atoms with Crippen LogP contribution in [0.5, 0.6) is 0 Å². The SMILES string of the molecule is CC(C)(C)C[C@H](NC(=O)OC(C)(C)C)C(=O)NC1(C(=O)C(N)=O)CC(F)C1. The Kier molecular flexibility index (Phi) is 6.62. The molecule has 0 radical (unpaired) electrons. The van der Waals surface area contributed by atoms with E-state index < -0.39 is 47.0 Å². The van der Waals surface area contributed by atoms with E-state index in [0.29, 0.717) is 0 Å². The van der Waals surface area contributed by atoms with Gasteiger partial charge in [-0.05, 0) is 32.6 Å². The van der Waals surface area contributed by atoms with Crippen LogP contribution in [0.1, 0.15) is 60.8 Å². The lowest BCUT2D eigenvalue weighted by Crippen LogP contribution is -2.68. The van der Waals surface area contributed by atoms with Gasteiger partial charge in [-0.1, -0.05) is 20.8 Å². The van der Waals surface area contributed by atoms with Crippen LogP contribution in [-0.4, -0.2) is 47.0 Å². The second-order valence-electron chi connectivity index (χ2n) is 9.23. The summed E-state index contributed by atoms with van der Waals surface area (Å²) in [6.07, 6.45) is -2.52. The number of nitrogens with two attached hydrogens (primary N) is 1. The van der Waals surface area contributed by atoms with Crippen LogP contribution >= 0.6 is 0 Å². The molecule has 4 N–H and O–H groups in total. The predicted octanol–water partition coefficient (Wildman–Crippen LogP) is 1.36. The number of Topliss-reactive ketones (excluding diaryl/α,β-unsaturated/α-hetero) is 1. The van der Waals surface area contributed by atoms with Gasteiger partial charge < -0.3 is 21.1 Å². The summed E-state index contributed by atoms with van der Waals surface area (Å²) in [6.45, 7) is 10.7. The third-order valence-electron chi connectivity index (χ3n) is 3.98. The predicted molar refractivity (Wildman–Crippen MR) is 96.4 cm³/mol. The molecule has 0 spiro atoms. The minimum atomic E-state index is -1.66. The number of amides is 3. The molecule has 1 fully saturated rings. The van der Waals surface area contributed by atoms with Crippen molar-refractivity contribution in [2.45, 2.75) is 84.2 Å². The first kappa shape index (κ1) is 22.9. The average molecular weight is 387 g/mol. The molecule has 1 aliphatic rings. The monoisotopic (exact) mass is 387 g/mol.